The van der Waals surface area contributed by atoms with Crippen LogP contribution in [0, 0.1) is 11.4 Å². The lowest BCUT2D eigenvalue weighted by molar-refractivity contribution is 0.583. The Morgan fingerprint density at radius 2 is 2.40 bits per heavy atom. The van der Waals surface area contributed by atoms with Gasteiger partial charge in [0.25, 0.3) is 0 Å². The molecule has 52 valence electrons. The van der Waals surface area contributed by atoms with Crippen molar-refractivity contribution in [3.8, 4) is 0 Å². The molecule has 1 heterocycles. The SMILES string of the molecule is N=C(N)c1ccnc(F)c1. The molecule has 3 nitrogen and oxygen atoms in total. The quantitative estimate of drug-likeness (QED) is 0.338. The number of nitrogens with zero attached hydrogens (tertiary/aromatic N) is 1. The van der Waals surface area contributed by atoms with E-state index in [4.69, 9.17) is 11.1 Å². The highest BCUT2D eigenvalue weighted by Gasteiger charge is 1.96. The van der Waals surface area contributed by atoms with Crippen molar-refractivity contribution in [3.05, 3.63) is 29.8 Å². The zero-order valence-electron chi connectivity index (χ0n) is 5.13. The van der Waals surface area contributed by atoms with Crippen LogP contribution in [0.5, 0.6) is 0 Å². The molecule has 0 amide bonds. The molecule has 1 rings (SSSR count). The molecule has 0 unspecified atom stereocenters. The van der Waals surface area contributed by atoms with E-state index < -0.39 is 5.95 Å². The highest BCUT2D eigenvalue weighted by Crippen LogP contribution is 1.97. The Hall–Kier alpha value is -1.45. The maximum Gasteiger partial charge on any atom is 0.213 e. The van der Waals surface area contributed by atoms with Crippen molar-refractivity contribution in [2.24, 2.45) is 5.73 Å². The number of hydrogen-bond donors (Lipinski definition) is 2. The van der Waals surface area contributed by atoms with Crippen LogP contribution in [0.25, 0.3) is 0 Å². The first-order valence-corrected chi connectivity index (χ1v) is 2.66. The van der Waals surface area contributed by atoms with Crippen molar-refractivity contribution in [3.63, 3.8) is 0 Å². The summed E-state index contributed by atoms with van der Waals surface area (Å²) in [5, 5.41) is 6.92. The Morgan fingerprint density at radius 3 is 2.80 bits per heavy atom. The number of halogens is 1. The van der Waals surface area contributed by atoms with Gasteiger partial charge in [0.15, 0.2) is 0 Å². The molecular weight excluding hydrogens is 133 g/mol. The van der Waals surface area contributed by atoms with Crippen molar-refractivity contribution >= 4 is 5.84 Å². The number of aromatic nitrogens is 1. The normalized spacial score (nSPS) is 9.30. The minimum Gasteiger partial charge on any atom is -0.384 e. The van der Waals surface area contributed by atoms with Gasteiger partial charge in [-0.15, -0.1) is 0 Å². The Labute approximate surface area is 57.2 Å². The first-order chi connectivity index (χ1) is 4.70. The van der Waals surface area contributed by atoms with E-state index in [9.17, 15) is 4.39 Å². The zero-order chi connectivity index (χ0) is 7.56. The summed E-state index contributed by atoms with van der Waals surface area (Å²) in [6.45, 7) is 0. The standard InChI is InChI=1S/C6H6FN3/c7-5-3-4(6(8)9)1-2-10-5/h1-3H,(H3,8,9). The van der Waals surface area contributed by atoms with Gasteiger partial charge in [0.2, 0.25) is 5.95 Å². The molecule has 0 aromatic carbocycles. The van der Waals surface area contributed by atoms with Crippen LogP contribution >= 0.6 is 0 Å². The second-order valence-electron chi connectivity index (χ2n) is 1.78. The summed E-state index contributed by atoms with van der Waals surface area (Å²) in [4.78, 5) is 3.30. The van der Waals surface area contributed by atoms with E-state index in [2.05, 4.69) is 4.98 Å². The van der Waals surface area contributed by atoms with Gasteiger partial charge in [-0.25, -0.2) is 4.98 Å². The highest BCUT2D eigenvalue weighted by atomic mass is 19.1. The van der Waals surface area contributed by atoms with Crippen molar-refractivity contribution < 1.29 is 4.39 Å². The van der Waals surface area contributed by atoms with E-state index >= 15 is 0 Å². The summed E-state index contributed by atoms with van der Waals surface area (Å²) in [6.07, 6.45) is 1.27. The third kappa shape index (κ3) is 1.28. The lowest BCUT2D eigenvalue weighted by Gasteiger charge is -1.94. The average molecular weight is 139 g/mol. The number of hydrogen-bond acceptors (Lipinski definition) is 2. The second kappa shape index (κ2) is 2.43. The van der Waals surface area contributed by atoms with Crippen molar-refractivity contribution in [2.75, 3.05) is 0 Å². The van der Waals surface area contributed by atoms with Crippen molar-refractivity contribution in [1.82, 2.24) is 4.98 Å². The van der Waals surface area contributed by atoms with Crippen LogP contribution in [0.4, 0.5) is 4.39 Å². The third-order valence-corrected chi connectivity index (χ3v) is 1.04. The number of pyridine rings is 1. The van der Waals surface area contributed by atoms with Gasteiger partial charge in [0, 0.05) is 17.8 Å². The van der Waals surface area contributed by atoms with Gasteiger partial charge in [-0.3, -0.25) is 5.41 Å². The predicted octanol–water partition coefficient (Wildman–Crippen LogP) is 0.505. The smallest absolute Gasteiger partial charge is 0.213 e. The lowest BCUT2D eigenvalue weighted by atomic mass is 10.2. The zero-order valence-corrected chi connectivity index (χ0v) is 5.13. The fourth-order valence-electron chi connectivity index (χ4n) is 0.570. The maximum atomic E-state index is 12.3. The van der Waals surface area contributed by atoms with Crippen LogP contribution in [0.1, 0.15) is 5.56 Å². The monoisotopic (exact) mass is 139 g/mol. The number of rotatable bonds is 1. The average Bonchev–Trinajstić information content (AvgIpc) is 1.88. The summed E-state index contributed by atoms with van der Waals surface area (Å²) in [7, 11) is 0. The third-order valence-electron chi connectivity index (χ3n) is 1.04. The van der Waals surface area contributed by atoms with Gasteiger partial charge < -0.3 is 5.73 Å². The Kier molecular flexibility index (Phi) is 1.62. The largest absolute Gasteiger partial charge is 0.384 e. The first-order valence-electron chi connectivity index (χ1n) is 2.66. The summed E-state index contributed by atoms with van der Waals surface area (Å²) < 4.78 is 12.3. The van der Waals surface area contributed by atoms with Gasteiger partial charge >= 0.3 is 0 Å². The summed E-state index contributed by atoms with van der Waals surface area (Å²) in [5.74, 6) is -0.769. The topological polar surface area (TPSA) is 62.8 Å². The molecule has 0 aliphatic heterocycles. The Balaban J connectivity index is 3.07. The number of nitrogens with two attached hydrogens (primary N) is 1. The number of nitrogen functional groups attached to an aromatic ring is 1. The molecular formula is C6H6FN3. The second-order valence-corrected chi connectivity index (χ2v) is 1.78. The van der Waals surface area contributed by atoms with Crippen molar-refractivity contribution in [2.45, 2.75) is 0 Å². The van der Waals surface area contributed by atoms with Crippen LogP contribution in [-0.2, 0) is 0 Å². The van der Waals surface area contributed by atoms with Gasteiger partial charge in [0.05, 0.1) is 0 Å². The summed E-state index contributed by atoms with van der Waals surface area (Å²) >= 11 is 0. The number of nitrogens with one attached hydrogen (secondary N) is 1. The van der Waals surface area contributed by atoms with Gasteiger partial charge in [-0.05, 0) is 6.07 Å². The molecule has 0 aliphatic carbocycles. The molecule has 0 saturated heterocycles. The van der Waals surface area contributed by atoms with Crippen LogP contribution in [0.15, 0.2) is 18.3 Å². The minimum absolute atomic E-state index is 0.152. The molecule has 0 fully saturated rings. The van der Waals surface area contributed by atoms with Crippen molar-refractivity contribution in [1.29, 1.82) is 5.41 Å². The van der Waals surface area contributed by atoms with E-state index in [1.54, 1.807) is 0 Å². The summed E-state index contributed by atoms with van der Waals surface area (Å²) in [6, 6.07) is 2.59. The fourth-order valence-corrected chi connectivity index (χ4v) is 0.570. The van der Waals surface area contributed by atoms with Crippen LogP contribution in [0.3, 0.4) is 0 Å². The predicted molar refractivity (Wildman–Crippen MR) is 35.2 cm³/mol. The van der Waals surface area contributed by atoms with E-state index in [1.165, 1.54) is 12.3 Å². The summed E-state index contributed by atoms with van der Waals surface area (Å²) in [5.41, 5.74) is 5.43. The first kappa shape index (κ1) is 6.67. The molecule has 0 bridgehead atoms. The molecule has 0 saturated carbocycles. The molecule has 1 aromatic rings. The van der Waals surface area contributed by atoms with Crippen LogP contribution < -0.4 is 5.73 Å². The molecule has 0 radical (unpaired) electrons. The minimum atomic E-state index is -0.618. The Morgan fingerprint density at radius 1 is 1.70 bits per heavy atom. The number of amidine groups is 1. The highest BCUT2D eigenvalue weighted by molar-refractivity contribution is 5.94. The molecule has 0 spiro atoms. The maximum absolute atomic E-state index is 12.3. The van der Waals surface area contributed by atoms with E-state index in [0.29, 0.717) is 5.56 Å². The molecule has 4 heteroatoms. The molecule has 1 aromatic heterocycles. The molecule has 0 aliphatic rings. The van der Waals surface area contributed by atoms with E-state index in [1.807, 2.05) is 0 Å². The molecule has 3 N–H and O–H groups in total. The van der Waals surface area contributed by atoms with E-state index in [-0.39, 0.29) is 5.84 Å². The van der Waals surface area contributed by atoms with E-state index in [0.717, 1.165) is 6.07 Å². The lowest BCUT2D eigenvalue weighted by Crippen LogP contribution is -2.11. The molecule has 10 heavy (non-hydrogen) atoms. The van der Waals surface area contributed by atoms with Crippen LogP contribution in [0.2, 0.25) is 0 Å². The Bertz CT molecular complexity index is 259. The van der Waals surface area contributed by atoms with Gasteiger partial charge in [-0.1, -0.05) is 0 Å². The van der Waals surface area contributed by atoms with Gasteiger partial charge in [-0.2, -0.15) is 4.39 Å². The van der Waals surface area contributed by atoms with Crippen LogP contribution in [-0.4, -0.2) is 10.8 Å². The van der Waals surface area contributed by atoms with Gasteiger partial charge in [0.1, 0.15) is 5.84 Å². The fraction of sp³-hybridized carbons (Fsp3) is 0. The molecule has 0 atom stereocenters.